The van der Waals surface area contributed by atoms with Crippen molar-refractivity contribution in [1.29, 1.82) is 5.26 Å². The van der Waals surface area contributed by atoms with Gasteiger partial charge in [0.2, 0.25) is 0 Å². The van der Waals surface area contributed by atoms with Crippen LogP contribution in [0.4, 0.5) is 8.78 Å². The van der Waals surface area contributed by atoms with Crippen LogP contribution >= 0.6 is 0 Å². The fourth-order valence-corrected chi connectivity index (χ4v) is 2.03. The maximum atomic E-state index is 13.2. The molecule has 2 nitrogen and oxygen atoms in total. The van der Waals surface area contributed by atoms with Crippen molar-refractivity contribution in [3.63, 3.8) is 0 Å². The number of hydrogen-bond acceptors (Lipinski definition) is 2. The van der Waals surface area contributed by atoms with E-state index in [1.54, 1.807) is 6.92 Å². The molecule has 20 heavy (non-hydrogen) atoms. The Balaban J connectivity index is 2.42. The van der Waals surface area contributed by atoms with Gasteiger partial charge in [0, 0.05) is 5.56 Å². The monoisotopic (exact) mass is 271 g/mol. The van der Waals surface area contributed by atoms with E-state index in [-0.39, 0.29) is 5.56 Å². The Kier molecular flexibility index (Phi) is 3.90. The zero-order valence-corrected chi connectivity index (χ0v) is 10.7. The van der Waals surface area contributed by atoms with Crippen LogP contribution < -0.4 is 0 Å². The Labute approximate surface area is 115 Å². The average molecular weight is 271 g/mol. The first-order valence-electron chi connectivity index (χ1n) is 5.98. The molecule has 0 spiro atoms. The highest BCUT2D eigenvalue weighted by atomic mass is 19.1. The Morgan fingerprint density at radius 2 is 1.85 bits per heavy atom. The minimum atomic E-state index is -1.10. The molecule has 2 aromatic rings. The molecule has 0 saturated carbocycles. The summed E-state index contributed by atoms with van der Waals surface area (Å²) in [5.74, 6) is -2.52. The Morgan fingerprint density at radius 1 is 1.15 bits per heavy atom. The lowest BCUT2D eigenvalue weighted by molar-refractivity contribution is 0.0978. The van der Waals surface area contributed by atoms with E-state index in [4.69, 9.17) is 0 Å². The molecule has 2 aromatic carbocycles. The molecule has 0 saturated heterocycles. The predicted molar refractivity (Wildman–Crippen MR) is 70.2 cm³/mol. The SMILES string of the molecule is Cc1cc(F)ccc1C(=O)C(C#N)c1cccc(F)c1. The van der Waals surface area contributed by atoms with Crippen LogP contribution in [0.3, 0.4) is 0 Å². The van der Waals surface area contributed by atoms with E-state index in [0.29, 0.717) is 11.1 Å². The third-order valence-corrected chi connectivity index (χ3v) is 3.03. The molecule has 4 heteroatoms. The highest BCUT2D eigenvalue weighted by molar-refractivity contribution is 6.03. The zero-order valence-electron chi connectivity index (χ0n) is 10.7. The number of Topliss-reactive ketones (excluding diaryl/α,β-unsaturated/α-hetero) is 1. The Hall–Kier alpha value is -2.54. The van der Waals surface area contributed by atoms with Gasteiger partial charge in [0.25, 0.3) is 0 Å². The van der Waals surface area contributed by atoms with E-state index in [0.717, 1.165) is 6.07 Å². The molecular formula is C16H11F2NO. The minimum Gasteiger partial charge on any atom is -0.292 e. The molecule has 100 valence electrons. The second-order valence-corrected chi connectivity index (χ2v) is 4.44. The molecule has 1 atom stereocenters. The minimum absolute atomic E-state index is 0.266. The van der Waals surface area contributed by atoms with E-state index in [1.807, 2.05) is 6.07 Å². The molecule has 0 aromatic heterocycles. The molecule has 0 aliphatic carbocycles. The summed E-state index contributed by atoms with van der Waals surface area (Å²) in [6.07, 6.45) is 0. The van der Waals surface area contributed by atoms with Crippen LogP contribution in [0.2, 0.25) is 0 Å². The number of halogens is 2. The molecule has 0 heterocycles. The second kappa shape index (κ2) is 5.62. The van der Waals surface area contributed by atoms with Crippen molar-refractivity contribution in [2.24, 2.45) is 0 Å². The van der Waals surface area contributed by atoms with Gasteiger partial charge in [0.05, 0.1) is 6.07 Å². The average Bonchev–Trinajstić information content (AvgIpc) is 2.39. The van der Waals surface area contributed by atoms with Crippen molar-refractivity contribution >= 4 is 5.78 Å². The topological polar surface area (TPSA) is 40.9 Å². The molecule has 1 unspecified atom stereocenters. The number of rotatable bonds is 3. The van der Waals surface area contributed by atoms with Gasteiger partial charge >= 0.3 is 0 Å². The molecular weight excluding hydrogens is 260 g/mol. The first kappa shape index (κ1) is 13.9. The molecule has 0 bridgehead atoms. The van der Waals surface area contributed by atoms with Crippen molar-refractivity contribution in [3.8, 4) is 6.07 Å². The van der Waals surface area contributed by atoms with Crippen LogP contribution in [0.5, 0.6) is 0 Å². The summed E-state index contributed by atoms with van der Waals surface area (Å²) in [4.78, 5) is 12.4. The van der Waals surface area contributed by atoms with Crippen molar-refractivity contribution in [1.82, 2.24) is 0 Å². The number of nitrogens with zero attached hydrogens (tertiary/aromatic N) is 1. The smallest absolute Gasteiger partial charge is 0.184 e. The van der Waals surface area contributed by atoms with Gasteiger partial charge in [-0.25, -0.2) is 8.78 Å². The van der Waals surface area contributed by atoms with Crippen LogP contribution in [-0.4, -0.2) is 5.78 Å². The van der Waals surface area contributed by atoms with Crippen molar-refractivity contribution in [2.75, 3.05) is 0 Å². The van der Waals surface area contributed by atoms with Gasteiger partial charge in [-0.1, -0.05) is 12.1 Å². The number of aryl methyl sites for hydroxylation is 1. The van der Waals surface area contributed by atoms with Crippen molar-refractivity contribution in [3.05, 3.63) is 70.8 Å². The number of benzene rings is 2. The first-order valence-corrected chi connectivity index (χ1v) is 5.98. The van der Waals surface area contributed by atoms with E-state index in [2.05, 4.69) is 0 Å². The number of carbonyl (C=O) groups is 1. The van der Waals surface area contributed by atoms with Gasteiger partial charge in [-0.15, -0.1) is 0 Å². The number of carbonyl (C=O) groups excluding carboxylic acids is 1. The van der Waals surface area contributed by atoms with Crippen molar-refractivity contribution < 1.29 is 13.6 Å². The molecule has 0 radical (unpaired) electrons. The molecule has 0 amide bonds. The van der Waals surface area contributed by atoms with Crippen LogP contribution in [0.1, 0.15) is 27.4 Å². The van der Waals surface area contributed by atoms with E-state index in [1.165, 1.54) is 36.4 Å². The van der Waals surface area contributed by atoms with Gasteiger partial charge in [-0.3, -0.25) is 4.79 Å². The maximum absolute atomic E-state index is 13.2. The van der Waals surface area contributed by atoms with Gasteiger partial charge in [0.15, 0.2) is 5.78 Å². The number of hydrogen-bond donors (Lipinski definition) is 0. The van der Waals surface area contributed by atoms with Gasteiger partial charge in [-0.05, 0) is 48.4 Å². The number of ketones is 1. The standard InChI is InChI=1S/C16H11F2NO/c1-10-7-13(18)5-6-14(10)16(20)15(9-19)11-3-2-4-12(17)8-11/h2-8,15H,1H3. The van der Waals surface area contributed by atoms with Crippen LogP contribution in [0, 0.1) is 29.9 Å². The molecule has 0 aliphatic heterocycles. The van der Waals surface area contributed by atoms with Crippen LogP contribution in [0.15, 0.2) is 42.5 Å². The lowest BCUT2D eigenvalue weighted by Crippen LogP contribution is -2.13. The fraction of sp³-hybridized carbons (Fsp3) is 0.125. The predicted octanol–water partition coefficient (Wildman–Crippen LogP) is 3.76. The lowest BCUT2D eigenvalue weighted by Gasteiger charge is -2.11. The summed E-state index contributed by atoms with van der Waals surface area (Å²) in [7, 11) is 0. The summed E-state index contributed by atoms with van der Waals surface area (Å²) in [5, 5.41) is 9.18. The summed E-state index contributed by atoms with van der Waals surface area (Å²) < 4.78 is 26.2. The molecule has 0 N–H and O–H groups in total. The molecule has 2 rings (SSSR count). The fourth-order valence-electron chi connectivity index (χ4n) is 2.03. The number of nitriles is 1. The molecule has 0 aliphatic rings. The van der Waals surface area contributed by atoms with Crippen molar-refractivity contribution in [2.45, 2.75) is 12.8 Å². The normalized spacial score (nSPS) is 11.7. The summed E-state index contributed by atoms with van der Waals surface area (Å²) in [5.41, 5.74) is 1.01. The first-order chi connectivity index (χ1) is 9.52. The highest BCUT2D eigenvalue weighted by Gasteiger charge is 2.23. The van der Waals surface area contributed by atoms with Gasteiger partial charge in [0.1, 0.15) is 17.6 Å². The summed E-state index contributed by atoms with van der Waals surface area (Å²) >= 11 is 0. The third-order valence-electron chi connectivity index (χ3n) is 3.03. The van der Waals surface area contributed by atoms with E-state index >= 15 is 0 Å². The van der Waals surface area contributed by atoms with E-state index in [9.17, 15) is 18.8 Å². The van der Waals surface area contributed by atoms with Crippen LogP contribution in [0.25, 0.3) is 0 Å². The Morgan fingerprint density at radius 3 is 2.45 bits per heavy atom. The maximum Gasteiger partial charge on any atom is 0.184 e. The zero-order chi connectivity index (χ0) is 14.7. The summed E-state index contributed by atoms with van der Waals surface area (Å²) in [6.45, 7) is 1.59. The molecule has 0 fully saturated rings. The Bertz CT molecular complexity index is 704. The van der Waals surface area contributed by atoms with Gasteiger partial charge < -0.3 is 0 Å². The van der Waals surface area contributed by atoms with E-state index < -0.39 is 23.3 Å². The summed E-state index contributed by atoms with van der Waals surface area (Å²) in [6, 6.07) is 11.0. The quantitative estimate of drug-likeness (QED) is 0.797. The largest absolute Gasteiger partial charge is 0.292 e. The lowest BCUT2D eigenvalue weighted by atomic mass is 9.90. The van der Waals surface area contributed by atoms with Gasteiger partial charge in [-0.2, -0.15) is 5.26 Å². The third kappa shape index (κ3) is 2.72. The highest BCUT2D eigenvalue weighted by Crippen LogP contribution is 2.23. The second-order valence-electron chi connectivity index (χ2n) is 4.44. The van der Waals surface area contributed by atoms with Crippen LogP contribution in [-0.2, 0) is 0 Å².